The summed E-state index contributed by atoms with van der Waals surface area (Å²) in [6.45, 7) is 7.08. The molecular weight excluding hydrogens is 382 g/mol. The van der Waals surface area contributed by atoms with Gasteiger partial charge >= 0.3 is 0 Å². The van der Waals surface area contributed by atoms with Gasteiger partial charge in [-0.3, -0.25) is 4.68 Å². The summed E-state index contributed by atoms with van der Waals surface area (Å²) < 4.78 is 27.7. The van der Waals surface area contributed by atoms with Gasteiger partial charge in [-0.1, -0.05) is 49.6 Å². The Morgan fingerprint density at radius 2 is 1.76 bits per heavy atom. The lowest BCUT2D eigenvalue weighted by atomic mass is 9.84. The Hall–Kier alpha value is -1.92. The van der Waals surface area contributed by atoms with Crippen molar-refractivity contribution in [3.05, 3.63) is 53.1 Å². The third-order valence-corrected chi connectivity index (χ3v) is 7.49. The molecule has 0 spiro atoms. The van der Waals surface area contributed by atoms with Crippen molar-refractivity contribution in [1.29, 1.82) is 0 Å². The zero-order chi connectivity index (χ0) is 20.6. The van der Waals surface area contributed by atoms with Gasteiger partial charge in [-0.05, 0) is 56.7 Å². The van der Waals surface area contributed by atoms with E-state index in [9.17, 15) is 8.42 Å². The molecular formula is C23H31N3O2S. The summed E-state index contributed by atoms with van der Waals surface area (Å²) in [5.41, 5.74) is 4.17. The minimum Gasteiger partial charge on any atom is -0.259 e. The molecule has 1 aromatic heterocycles. The molecule has 0 atom stereocenters. The molecule has 4 rings (SSSR count). The molecule has 156 valence electrons. The van der Waals surface area contributed by atoms with Crippen molar-refractivity contribution in [2.45, 2.75) is 70.9 Å². The maximum atomic E-state index is 12.1. The summed E-state index contributed by atoms with van der Waals surface area (Å²) in [7, 11) is -3.30. The highest BCUT2D eigenvalue weighted by atomic mass is 32.2. The summed E-state index contributed by atoms with van der Waals surface area (Å²) in [6, 6.07) is 11.0. The Morgan fingerprint density at radius 1 is 1.07 bits per heavy atom. The topological polar surface area (TPSA) is 55.2 Å². The summed E-state index contributed by atoms with van der Waals surface area (Å²) >= 11 is 0. The quantitative estimate of drug-likeness (QED) is 0.708. The van der Waals surface area contributed by atoms with Crippen LogP contribution in [0.5, 0.6) is 0 Å². The van der Waals surface area contributed by atoms with Gasteiger partial charge in [-0.15, -0.1) is 0 Å². The van der Waals surface area contributed by atoms with Gasteiger partial charge in [0.25, 0.3) is 0 Å². The predicted molar refractivity (Wildman–Crippen MR) is 117 cm³/mol. The van der Waals surface area contributed by atoms with E-state index in [2.05, 4.69) is 45.0 Å². The standard InChI is InChI=1S/C23H31N3O2S/c1-23(2,3)26-22(16-21(24-26)17-25-14-7-15-29(25,27)28)20-12-10-19(11-13-20)18-8-5-4-6-9-18/h7,10-13,15-16,18H,4-6,8-9,14,17H2,1-3H3. The molecule has 29 heavy (non-hydrogen) atoms. The van der Waals surface area contributed by atoms with Crippen molar-refractivity contribution in [3.63, 3.8) is 0 Å². The average molecular weight is 414 g/mol. The van der Waals surface area contributed by atoms with Crippen molar-refractivity contribution in [3.8, 4) is 11.3 Å². The average Bonchev–Trinajstić information content (AvgIpc) is 3.26. The van der Waals surface area contributed by atoms with E-state index in [1.807, 2.05) is 10.7 Å². The molecule has 0 unspecified atom stereocenters. The van der Waals surface area contributed by atoms with E-state index in [0.29, 0.717) is 19.0 Å². The highest BCUT2D eigenvalue weighted by Crippen LogP contribution is 2.34. The minimum atomic E-state index is -3.30. The molecule has 0 radical (unpaired) electrons. The molecule has 0 N–H and O–H groups in total. The van der Waals surface area contributed by atoms with Crippen LogP contribution < -0.4 is 0 Å². The summed E-state index contributed by atoms with van der Waals surface area (Å²) in [6.07, 6.45) is 8.30. The van der Waals surface area contributed by atoms with E-state index >= 15 is 0 Å². The van der Waals surface area contributed by atoms with Gasteiger partial charge in [0.15, 0.2) is 0 Å². The fourth-order valence-corrected chi connectivity index (χ4v) is 5.50. The first-order chi connectivity index (χ1) is 13.7. The van der Waals surface area contributed by atoms with Crippen LogP contribution in [0.25, 0.3) is 11.3 Å². The molecule has 6 heteroatoms. The predicted octanol–water partition coefficient (Wildman–Crippen LogP) is 5.01. The molecule has 5 nitrogen and oxygen atoms in total. The van der Waals surface area contributed by atoms with Crippen LogP contribution in [0.4, 0.5) is 0 Å². The van der Waals surface area contributed by atoms with Crippen LogP contribution in [-0.4, -0.2) is 29.0 Å². The first kappa shape index (κ1) is 20.4. The smallest absolute Gasteiger partial charge is 0.236 e. The zero-order valence-electron chi connectivity index (χ0n) is 17.6. The Bertz CT molecular complexity index is 992. The van der Waals surface area contributed by atoms with E-state index in [1.54, 1.807) is 6.08 Å². The fraction of sp³-hybridized carbons (Fsp3) is 0.522. The first-order valence-electron chi connectivity index (χ1n) is 10.6. The Balaban J connectivity index is 1.62. The fourth-order valence-electron chi connectivity index (χ4n) is 4.39. The van der Waals surface area contributed by atoms with Gasteiger partial charge in [0.1, 0.15) is 0 Å². The van der Waals surface area contributed by atoms with Crippen molar-refractivity contribution in [1.82, 2.24) is 14.1 Å². The number of rotatable bonds is 4. The Morgan fingerprint density at radius 3 is 2.34 bits per heavy atom. The summed E-state index contributed by atoms with van der Waals surface area (Å²) in [5, 5.41) is 6.06. The molecule has 1 aliphatic carbocycles. The van der Waals surface area contributed by atoms with Gasteiger partial charge in [-0.25, -0.2) is 8.42 Å². The van der Waals surface area contributed by atoms with Crippen molar-refractivity contribution >= 4 is 10.0 Å². The van der Waals surface area contributed by atoms with Crippen LogP contribution in [0.15, 0.2) is 41.8 Å². The summed E-state index contributed by atoms with van der Waals surface area (Å²) in [5.74, 6) is 0.689. The van der Waals surface area contributed by atoms with Crippen LogP contribution in [0, 0.1) is 0 Å². The van der Waals surface area contributed by atoms with Gasteiger partial charge in [0.05, 0.1) is 23.5 Å². The van der Waals surface area contributed by atoms with E-state index in [4.69, 9.17) is 5.10 Å². The van der Waals surface area contributed by atoms with Crippen molar-refractivity contribution in [2.75, 3.05) is 6.54 Å². The molecule has 0 amide bonds. The third-order valence-electron chi connectivity index (χ3n) is 5.95. The van der Waals surface area contributed by atoms with E-state index in [0.717, 1.165) is 17.0 Å². The van der Waals surface area contributed by atoms with Gasteiger partial charge in [0.2, 0.25) is 10.0 Å². The molecule has 1 aromatic carbocycles. The van der Waals surface area contributed by atoms with E-state index in [1.165, 1.54) is 47.4 Å². The van der Waals surface area contributed by atoms with E-state index < -0.39 is 10.0 Å². The molecule has 2 aliphatic rings. The first-order valence-corrected chi connectivity index (χ1v) is 12.1. The van der Waals surface area contributed by atoms with Gasteiger partial charge < -0.3 is 0 Å². The number of hydrogen-bond acceptors (Lipinski definition) is 3. The second-order valence-corrected chi connectivity index (χ2v) is 11.1. The number of hydrogen-bond donors (Lipinski definition) is 0. The highest BCUT2D eigenvalue weighted by Gasteiger charge is 2.26. The second-order valence-electron chi connectivity index (χ2n) is 9.27. The lowest BCUT2D eigenvalue weighted by molar-refractivity contribution is 0.353. The second kappa shape index (κ2) is 7.73. The lowest BCUT2D eigenvalue weighted by Gasteiger charge is -2.24. The SMILES string of the molecule is CC(C)(C)n1nc(CN2CC=CS2(=O)=O)cc1-c1ccc(C2CCCCC2)cc1. The normalized spacial score (nSPS) is 20.4. The number of aromatic nitrogens is 2. The number of sulfonamides is 1. The van der Waals surface area contributed by atoms with Crippen LogP contribution >= 0.6 is 0 Å². The Labute approximate surface area is 174 Å². The monoisotopic (exact) mass is 413 g/mol. The highest BCUT2D eigenvalue weighted by molar-refractivity contribution is 7.92. The Kier molecular flexibility index (Phi) is 5.42. The maximum absolute atomic E-state index is 12.1. The molecule has 2 heterocycles. The zero-order valence-corrected chi connectivity index (χ0v) is 18.5. The molecule has 0 saturated heterocycles. The largest absolute Gasteiger partial charge is 0.259 e. The number of nitrogens with zero attached hydrogens (tertiary/aromatic N) is 3. The van der Waals surface area contributed by atoms with Crippen LogP contribution in [-0.2, 0) is 22.1 Å². The molecule has 1 aliphatic heterocycles. The molecule has 1 fully saturated rings. The summed E-state index contributed by atoms with van der Waals surface area (Å²) in [4.78, 5) is 0. The van der Waals surface area contributed by atoms with E-state index in [-0.39, 0.29) is 5.54 Å². The molecule has 2 aromatic rings. The lowest BCUT2D eigenvalue weighted by Crippen LogP contribution is -2.26. The van der Waals surface area contributed by atoms with Crippen molar-refractivity contribution < 1.29 is 8.42 Å². The van der Waals surface area contributed by atoms with Gasteiger partial charge in [-0.2, -0.15) is 9.40 Å². The van der Waals surface area contributed by atoms with Crippen LogP contribution in [0.2, 0.25) is 0 Å². The molecule has 1 saturated carbocycles. The minimum absolute atomic E-state index is 0.197. The van der Waals surface area contributed by atoms with Crippen molar-refractivity contribution in [2.24, 2.45) is 0 Å². The molecule has 0 bridgehead atoms. The van der Waals surface area contributed by atoms with Gasteiger partial charge in [0, 0.05) is 12.0 Å². The third kappa shape index (κ3) is 4.33. The van der Waals surface area contributed by atoms with Crippen LogP contribution in [0.1, 0.15) is 70.1 Å². The maximum Gasteiger partial charge on any atom is 0.236 e. The number of benzene rings is 1. The van der Waals surface area contributed by atoms with Crippen LogP contribution in [0.3, 0.4) is 0 Å².